The van der Waals surface area contributed by atoms with Crippen LogP contribution in [0.15, 0.2) is 0 Å². The van der Waals surface area contributed by atoms with Crippen molar-refractivity contribution in [2.45, 2.75) is 103 Å². The second-order valence-corrected chi connectivity index (χ2v) is 8.13. The van der Waals surface area contributed by atoms with Gasteiger partial charge in [0, 0.05) is 6.04 Å². The Morgan fingerprint density at radius 1 is 1.00 bits per heavy atom. The highest BCUT2D eigenvalue weighted by Crippen LogP contribution is 2.41. The van der Waals surface area contributed by atoms with Crippen LogP contribution in [0.25, 0.3) is 0 Å². The maximum absolute atomic E-state index is 6.32. The Labute approximate surface area is 127 Å². The molecule has 20 heavy (non-hydrogen) atoms. The number of nitrogens with two attached hydrogens (primary N) is 1. The van der Waals surface area contributed by atoms with Gasteiger partial charge in [-0.15, -0.1) is 0 Å². The van der Waals surface area contributed by atoms with E-state index in [0.29, 0.717) is 11.5 Å². The first-order chi connectivity index (χ1) is 9.63. The summed E-state index contributed by atoms with van der Waals surface area (Å²) in [5, 5.41) is 0. The van der Waals surface area contributed by atoms with E-state index < -0.39 is 0 Å². The van der Waals surface area contributed by atoms with E-state index >= 15 is 0 Å². The molecule has 0 bridgehead atoms. The number of hydrogen-bond acceptors (Lipinski definition) is 1. The minimum atomic E-state index is 0.468. The van der Waals surface area contributed by atoms with Crippen molar-refractivity contribution in [2.75, 3.05) is 0 Å². The Bertz CT molecular complexity index is 275. The van der Waals surface area contributed by atoms with Gasteiger partial charge in [0.2, 0.25) is 0 Å². The molecule has 118 valence electrons. The summed E-state index contributed by atoms with van der Waals surface area (Å²) < 4.78 is 0. The van der Waals surface area contributed by atoms with Crippen molar-refractivity contribution >= 4 is 0 Å². The molecule has 2 aliphatic carbocycles. The lowest BCUT2D eigenvalue weighted by Gasteiger charge is -2.35. The van der Waals surface area contributed by atoms with E-state index in [1.54, 1.807) is 0 Å². The number of rotatable bonds is 5. The average Bonchev–Trinajstić information content (AvgIpc) is 2.83. The molecule has 4 unspecified atom stereocenters. The van der Waals surface area contributed by atoms with Gasteiger partial charge >= 0.3 is 0 Å². The summed E-state index contributed by atoms with van der Waals surface area (Å²) in [7, 11) is 0. The van der Waals surface area contributed by atoms with Crippen molar-refractivity contribution in [3.8, 4) is 0 Å². The van der Waals surface area contributed by atoms with Crippen molar-refractivity contribution in [1.82, 2.24) is 0 Å². The van der Waals surface area contributed by atoms with Crippen LogP contribution in [-0.2, 0) is 0 Å². The molecule has 0 aromatic carbocycles. The van der Waals surface area contributed by atoms with E-state index in [9.17, 15) is 0 Å². The maximum atomic E-state index is 6.32. The van der Waals surface area contributed by atoms with Crippen molar-refractivity contribution in [1.29, 1.82) is 0 Å². The van der Waals surface area contributed by atoms with Crippen molar-refractivity contribution in [3.05, 3.63) is 0 Å². The molecule has 2 N–H and O–H groups in total. The fourth-order valence-corrected chi connectivity index (χ4v) is 5.02. The van der Waals surface area contributed by atoms with E-state index in [-0.39, 0.29) is 0 Å². The lowest BCUT2D eigenvalue weighted by atomic mass is 9.72. The van der Waals surface area contributed by atoms with Crippen LogP contribution in [0.3, 0.4) is 0 Å². The minimum Gasteiger partial charge on any atom is -0.328 e. The van der Waals surface area contributed by atoms with Gasteiger partial charge in [0.05, 0.1) is 0 Å². The lowest BCUT2D eigenvalue weighted by molar-refractivity contribution is 0.189. The molecule has 0 amide bonds. The van der Waals surface area contributed by atoms with Crippen molar-refractivity contribution < 1.29 is 0 Å². The molecule has 2 saturated carbocycles. The molecule has 0 heterocycles. The Hall–Kier alpha value is -0.0400. The smallest absolute Gasteiger partial charge is 0.00440 e. The quantitative estimate of drug-likeness (QED) is 0.689. The van der Waals surface area contributed by atoms with Crippen LogP contribution >= 0.6 is 0 Å². The second kappa shape index (κ2) is 7.82. The summed E-state index contributed by atoms with van der Waals surface area (Å²) in [5.41, 5.74) is 6.86. The van der Waals surface area contributed by atoms with Gasteiger partial charge in [-0.2, -0.15) is 0 Å². The molecule has 1 nitrogen and oxygen atoms in total. The summed E-state index contributed by atoms with van der Waals surface area (Å²) >= 11 is 0. The highest BCUT2D eigenvalue weighted by molar-refractivity contribution is 4.83. The zero-order chi connectivity index (χ0) is 14.4. The van der Waals surface area contributed by atoms with Crippen LogP contribution in [0.5, 0.6) is 0 Å². The molecule has 2 fully saturated rings. The van der Waals surface area contributed by atoms with E-state index in [0.717, 1.165) is 11.8 Å². The Morgan fingerprint density at radius 3 is 2.60 bits per heavy atom. The monoisotopic (exact) mass is 279 g/mol. The summed E-state index contributed by atoms with van der Waals surface area (Å²) in [6.45, 7) is 4.91. The molecule has 0 spiro atoms. The van der Waals surface area contributed by atoms with Crippen LogP contribution in [0.2, 0.25) is 0 Å². The molecule has 0 saturated heterocycles. The molecule has 0 aliphatic heterocycles. The van der Waals surface area contributed by atoms with Gasteiger partial charge in [0.15, 0.2) is 0 Å². The highest BCUT2D eigenvalue weighted by Gasteiger charge is 2.29. The van der Waals surface area contributed by atoms with Gasteiger partial charge in [0.1, 0.15) is 0 Å². The van der Waals surface area contributed by atoms with Crippen LogP contribution in [0.4, 0.5) is 0 Å². The van der Waals surface area contributed by atoms with Gasteiger partial charge in [-0.1, -0.05) is 71.6 Å². The molecule has 2 aliphatic rings. The lowest BCUT2D eigenvalue weighted by Crippen LogP contribution is -2.31. The summed E-state index contributed by atoms with van der Waals surface area (Å²) in [6, 6.07) is 0.468. The zero-order valence-electron chi connectivity index (χ0n) is 14.0. The summed E-state index contributed by atoms with van der Waals surface area (Å²) in [6.07, 6.45) is 18.4. The molecule has 1 heteroatoms. The van der Waals surface area contributed by atoms with Gasteiger partial charge in [-0.3, -0.25) is 0 Å². The van der Waals surface area contributed by atoms with E-state index in [1.165, 1.54) is 83.5 Å². The molecule has 2 rings (SSSR count). The SMILES string of the molecule is CCC1CCCC1CCCC1(C)CCCCCC(N)C1. The third kappa shape index (κ3) is 4.76. The Morgan fingerprint density at radius 2 is 1.80 bits per heavy atom. The first-order valence-corrected chi connectivity index (χ1v) is 9.38. The molecular weight excluding hydrogens is 242 g/mol. The van der Waals surface area contributed by atoms with E-state index in [2.05, 4.69) is 13.8 Å². The van der Waals surface area contributed by atoms with Crippen LogP contribution in [-0.4, -0.2) is 6.04 Å². The highest BCUT2D eigenvalue weighted by atomic mass is 14.6. The van der Waals surface area contributed by atoms with Gasteiger partial charge in [-0.05, 0) is 42.9 Å². The number of hydrogen-bond donors (Lipinski definition) is 1. The fourth-order valence-electron chi connectivity index (χ4n) is 5.02. The third-order valence-corrected chi connectivity index (χ3v) is 6.31. The molecule has 0 aromatic rings. The van der Waals surface area contributed by atoms with Crippen LogP contribution < -0.4 is 5.73 Å². The maximum Gasteiger partial charge on any atom is 0.00440 e. The topological polar surface area (TPSA) is 26.0 Å². The third-order valence-electron chi connectivity index (χ3n) is 6.31. The summed E-state index contributed by atoms with van der Waals surface area (Å²) in [4.78, 5) is 0. The van der Waals surface area contributed by atoms with E-state index in [1.807, 2.05) is 0 Å². The first-order valence-electron chi connectivity index (χ1n) is 9.38. The van der Waals surface area contributed by atoms with Crippen LogP contribution in [0, 0.1) is 17.3 Å². The second-order valence-electron chi connectivity index (χ2n) is 8.13. The molecule has 0 radical (unpaired) electrons. The van der Waals surface area contributed by atoms with Gasteiger partial charge < -0.3 is 5.73 Å². The predicted molar refractivity (Wildman–Crippen MR) is 88.8 cm³/mol. The fraction of sp³-hybridized carbons (Fsp3) is 1.00. The van der Waals surface area contributed by atoms with Gasteiger partial charge in [-0.25, -0.2) is 0 Å². The Kier molecular flexibility index (Phi) is 6.39. The molecule has 4 atom stereocenters. The first kappa shape index (κ1) is 16.3. The van der Waals surface area contributed by atoms with Crippen LogP contribution in [0.1, 0.15) is 97.3 Å². The van der Waals surface area contributed by atoms with E-state index in [4.69, 9.17) is 5.73 Å². The average molecular weight is 280 g/mol. The van der Waals surface area contributed by atoms with Gasteiger partial charge in [0.25, 0.3) is 0 Å². The van der Waals surface area contributed by atoms with Crippen molar-refractivity contribution in [3.63, 3.8) is 0 Å². The normalized spacial score (nSPS) is 39.5. The standard InChI is InChI=1S/C19H37N/c1-3-16-9-7-10-17(16)11-8-14-19(2)13-6-4-5-12-18(20)15-19/h16-18H,3-15,20H2,1-2H3. The van der Waals surface area contributed by atoms with Crippen molar-refractivity contribution in [2.24, 2.45) is 23.0 Å². The largest absolute Gasteiger partial charge is 0.328 e. The zero-order valence-corrected chi connectivity index (χ0v) is 14.0. The predicted octanol–water partition coefficient (Wildman–Crippen LogP) is 5.67. The molecule has 0 aromatic heterocycles. The summed E-state index contributed by atoms with van der Waals surface area (Å²) in [5.74, 6) is 2.09. The Balaban J connectivity index is 1.75. The molecular formula is C19H37N. The minimum absolute atomic E-state index is 0.468.